The molecule has 1 atom stereocenters. The molecule has 1 unspecified atom stereocenters. The van der Waals surface area contributed by atoms with Crippen LogP contribution in [0.5, 0.6) is 5.75 Å². The van der Waals surface area contributed by atoms with Crippen LogP contribution in [-0.2, 0) is 11.2 Å². The maximum atomic E-state index is 11.5. The minimum absolute atomic E-state index is 0. The molecule has 0 saturated carbocycles. The van der Waals surface area contributed by atoms with Gasteiger partial charge in [0.15, 0.2) is 0 Å². The van der Waals surface area contributed by atoms with Crippen molar-refractivity contribution in [2.24, 2.45) is 0 Å². The summed E-state index contributed by atoms with van der Waals surface area (Å²) < 4.78 is 6.68. The maximum absolute atomic E-state index is 11.5. The number of benzene rings is 1. The number of methoxy groups -OCH3 is 1. The minimum atomic E-state index is 0. The van der Waals surface area contributed by atoms with Gasteiger partial charge in [0.2, 0.25) is 5.91 Å². The second-order valence-electron chi connectivity index (χ2n) is 8.06. The number of nitrogens with zero attached hydrogens (tertiary/aromatic N) is 2. The van der Waals surface area contributed by atoms with Crippen molar-refractivity contribution in [3.63, 3.8) is 0 Å². The van der Waals surface area contributed by atoms with Crippen LogP contribution in [-0.4, -0.2) is 62.2 Å². The summed E-state index contributed by atoms with van der Waals surface area (Å²) in [6.45, 7) is 6.92. The third kappa shape index (κ3) is 4.91. The first kappa shape index (κ1) is 21.5. The van der Waals surface area contributed by atoms with Gasteiger partial charge in [-0.15, -0.1) is 0 Å². The molecule has 1 aliphatic heterocycles. The monoisotopic (exact) mass is 472 g/mol. The van der Waals surface area contributed by atoms with Crippen LogP contribution in [0.4, 0.5) is 0 Å². The molecular weight excluding hydrogens is 439 g/mol. The summed E-state index contributed by atoms with van der Waals surface area (Å²) in [4.78, 5) is 13.5. The van der Waals surface area contributed by atoms with Crippen molar-refractivity contribution in [3.05, 3.63) is 29.3 Å². The van der Waals surface area contributed by atoms with Gasteiger partial charge in [0, 0.05) is 6.92 Å². The second kappa shape index (κ2) is 9.40. The van der Waals surface area contributed by atoms with Gasteiger partial charge >= 0.3 is 0 Å². The van der Waals surface area contributed by atoms with E-state index in [1.54, 1.807) is 14.0 Å². The SMILES string of the molecule is COc1cccc2c1CCCC2CCC[N+]1(C)CCN(C(C)=O)CC1.[I-]. The van der Waals surface area contributed by atoms with E-state index in [4.69, 9.17) is 4.74 Å². The topological polar surface area (TPSA) is 29.5 Å². The third-order valence-corrected chi connectivity index (χ3v) is 6.32. The van der Waals surface area contributed by atoms with Gasteiger partial charge in [0.1, 0.15) is 5.75 Å². The molecule has 0 aromatic heterocycles. The standard InChI is InChI=1S/C21H33N2O2.HI/c1-17(24)22-12-15-23(2,16-13-22)14-6-8-18-7-4-10-20-19(18)9-5-11-21(20)25-3;/h5,9,11,18H,4,6-8,10,12-16H2,1-3H3;1H/q+1;/p-1. The maximum Gasteiger partial charge on any atom is 0.219 e. The van der Waals surface area contributed by atoms with Crippen molar-refractivity contribution in [1.29, 1.82) is 0 Å². The number of quaternary nitrogens is 1. The van der Waals surface area contributed by atoms with Crippen molar-refractivity contribution in [2.75, 3.05) is 46.9 Å². The van der Waals surface area contributed by atoms with E-state index >= 15 is 0 Å². The predicted molar refractivity (Wildman–Crippen MR) is 101 cm³/mol. The van der Waals surface area contributed by atoms with Crippen molar-refractivity contribution in [2.45, 2.75) is 44.9 Å². The fourth-order valence-corrected chi connectivity index (χ4v) is 4.61. The molecule has 1 amide bonds. The van der Waals surface area contributed by atoms with E-state index in [-0.39, 0.29) is 29.9 Å². The van der Waals surface area contributed by atoms with Crippen LogP contribution >= 0.6 is 0 Å². The van der Waals surface area contributed by atoms with Gasteiger partial charge in [0.25, 0.3) is 0 Å². The Morgan fingerprint density at radius 2 is 2.04 bits per heavy atom. The molecule has 0 radical (unpaired) electrons. The normalized spacial score (nSPS) is 21.5. The molecule has 146 valence electrons. The van der Waals surface area contributed by atoms with Gasteiger partial charge in [-0.1, -0.05) is 12.1 Å². The van der Waals surface area contributed by atoms with Crippen LogP contribution in [0.2, 0.25) is 0 Å². The molecule has 4 nitrogen and oxygen atoms in total. The van der Waals surface area contributed by atoms with Gasteiger partial charge in [-0.25, -0.2) is 0 Å². The highest BCUT2D eigenvalue weighted by Gasteiger charge is 2.30. The lowest BCUT2D eigenvalue weighted by Crippen LogP contribution is -3.00. The van der Waals surface area contributed by atoms with Crippen LogP contribution in [0.3, 0.4) is 0 Å². The highest BCUT2D eigenvalue weighted by atomic mass is 127. The van der Waals surface area contributed by atoms with Crippen LogP contribution in [0, 0.1) is 0 Å². The Hall–Kier alpha value is -0.820. The quantitative estimate of drug-likeness (QED) is 0.453. The number of amides is 1. The number of rotatable bonds is 5. The fourth-order valence-electron chi connectivity index (χ4n) is 4.61. The van der Waals surface area contributed by atoms with Crippen molar-refractivity contribution >= 4 is 5.91 Å². The van der Waals surface area contributed by atoms with E-state index in [0.29, 0.717) is 5.92 Å². The summed E-state index contributed by atoms with van der Waals surface area (Å²) >= 11 is 0. The summed E-state index contributed by atoms with van der Waals surface area (Å²) in [6, 6.07) is 6.55. The molecule has 1 aliphatic carbocycles. The molecule has 26 heavy (non-hydrogen) atoms. The molecule has 1 saturated heterocycles. The van der Waals surface area contributed by atoms with Crippen LogP contribution in [0.25, 0.3) is 0 Å². The van der Waals surface area contributed by atoms with Gasteiger partial charge in [0.05, 0.1) is 46.9 Å². The van der Waals surface area contributed by atoms with Gasteiger partial charge in [-0.05, 0) is 55.2 Å². The molecule has 1 heterocycles. The molecular formula is C21H33IN2O2. The number of halogens is 1. The number of piperazine rings is 1. The van der Waals surface area contributed by atoms with Gasteiger partial charge < -0.3 is 38.1 Å². The number of carbonyl (C=O) groups excluding carboxylic acids is 1. The fraction of sp³-hybridized carbons (Fsp3) is 0.667. The highest BCUT2D eigenvalue weighted by molar-refractivity contribution is 5.73. The van der Waals surface area contributed by atoms with Crippen LogP contribution in [0.1, 0.15) is 49.7 Å². The zero-order chi connectivity index (χ0) is 17.9. The zero-order valence-corrected chi connectivity index (χ0v) is 18.6. The number of ether oxygens (including phenoxy) is 1. The van der Waals surface area contributed by atoms with E-state index in [9.17, 15) is 4.79 Å². The summed E-state index contributed by atoms with van der Waals surface area (Å²) in [7, 11) is 4.14. The Kier molecular flexibility index (Phi) is 7.76. The van der Waals surface area contributed by atoms with E-state index in [1.807, 2.05) is 4.90 Å². The van der Waals surface area contributed by atoms with E-state index in [1.165, 1.54) is 43.4 Å². The van der Waals surface area contributed by atoms with Crippen LogP contribution in [0.15, 0.2) is 18.2 Å². The number of fused-ring (bicyclic) bond motifs is 1. The van der Waals surface area contributed by atoms with E-state index < -0.39 is 0 Å². The number of likely N-dealkylation sites (N-methyl/N-ethyl adjacent to an activating group) is 1. The smallest absolute Gasteiger partial charge is 0.219 e. The second-order valence-corrected chi connectivity index (χ2v) is 8.06. The third-order valence-electron chi connectivity index (χ3n) is 6.32. The summed E-state index contributed by atoms with van der Waals surface area (Å²) in [6.07, 6.45) is 6.27. The molecule has 2 aliphatic rings. The Bertz CT molecular complexity index is 612. The van der Waals surface area contributed by atoms with Gasteiger partial charge in [-0.3, -0.25) is 4.79 Å². The van der Waals surface area contributed by atoms with E-state index in [0.717, 1.165) is 42.8 Å². The first-order chi connectivity index (χ1) is 12.0. The number of hydrogen-bond acceptors (Lipinski definition) is 2. The molecule has 0 spiro atoms. The Morgan fingerprint density at radius 3 is 2.69 bits per heavy atom. The van der Waals surface area contributed by atoms with E-state index in [2.05, 4.69) is 25.2 Å². The summed E-state index contributed by atoms with van der Waals surface area (Å²) in [5, 5.41) is 0. The largest absolute Gasteiger partial charge is 1.00 e. The first-order valence-electron chi connectivity index (χ1n) is 9.77. The van der Waals surface area contributed by atoms with Crippen LogP contribution < -0.4 is 28.7 Å². The lowest BCUT2D eigenvalue weighted by atomic mass is 9.80. The molecule has 1 aromatic rings. The predicted octanol–water partition coefficient (Wildman–Crippen LogP) is 0.208. The molecule has 5 heteroatoms. The Balaban J connectivity index is 0.00000243. The lowest BCUT2D eigenvalue weighted by Gasteiger charge is -2.42. The molecule has 0 bridgehead atoms. The first-order valence-corrected chi connectivity index (χ1v) is 9.77. The molecule has 1 aromatic carbocycles. The Morgan fingerprint density at radius 1 is 1.31 bits per heavy atom. The summed E-state index contributed by atoms with van der Waals surface area (Å²) in [5.41, 5.74) is 2.96. The van der Waals surface area contributed by atoms with Crippen molar-refractivity contribution in [3.8, 4) is 5.75 Å². The molecule has 1 fully saturated rings. The average molecular weight is 472 g/mol. The average Bonchev–Trinajstić information content (AvgIpc) is 2.61. The Labute approximate surface area is 175 Å². The highest BCUT2D eigenvalue weighted by Crippen LogP contribution is 2.39. The molecule has 0 N–H and O–H groups in total. The minimum Gasteiger partial charge on any atom is -1.00 e. The molecule has 3 rings (SSSR count). The van der Waals surface area contributed by atoms with Crippen molar-refractivity contribution in [1.82, 2.24) is 4.90 Å². The van der Waals surface area contributed by atoms with Crippen molar-refractivity contribution < 1.29 is 38.0 Å². The van der Waals surface area contributed by atoms with Gasteiger partial charge in [-0.2, -0.15) is 0 Å². The number of carbonyl (C=O) groups is 1. The zero-order valence-electron chi connectivity index (χ0n) is 16.5. The summed E-state index contributed by atoms with van der Waals surface area (Å²) in [5.74, 6) is 1.98. The lowest BCUT2D eigenvalue weighted by molar-refractivity contribution is -0.913. The number of hydrogen-bond donors (Lipinski definition) is 0.